The minimum absolute atomic E-state index is 0.0537. The van der Waals surface area contributed by atoms with Gasteiger partial charge >= 0.3 is 0 Å². The molecular weight excluding hydrogens is 366 g/mol. The summed E-state index contributed by atoms with van der Waals surface area (Å²) in [4.78, 5) is 40.7. The molecule has 2 aromatic rings. The monoisotopic (exact) mass is 393 g/mol. The van der Waals surface area contributed by atoms with Crippen LogP contribution in [0.2, 0.25) is 0 Å². The molecule has 0 radical (unpaired) electrons. The normalized spacial score (nSPS) is 16.1. The number of para-hydroxylation sites is 1. The number of rotatable bonds is 5. The number of benzene rings is 2. The van der Waals surface area contributed by atoms with Crippen molar-refractivity contribution >= 4 is 29.1 Å². The van der Waals surface area contributed by atoms with Crippen LogP contribution < -0.4 is 10.2 Å². The van der Waals surface area contributed by atoms with Crippen LogP contribution in [0.4, 0.5) is 11.4 Å². The highest BCUT2D eigenvalue weighted by Gasteiger charge is 2.36. The lowest BCUT2D eigenvalue weighted by Gasteiger charge is -2.21. The molecule has 1 aliphatic heterocycles. The summed E-state index contributed by atoms with van der Waals surface area (Å²) < 4.78 is 0. The number of amides is 3. The minimum Gasteiger partial charge on any atom is -0.336 e. The van der Waals surface area contributed by atoms with Crippen molar-refractivity contribution in [3.63, 3.8) is 0 Å². The Morgan fingerprint density at radius 3 is 2.31 bits per heavy atom. The predicted octanol–water partition coefficient (Wildman–Crippen LogP) is 3.06. The first-order chi connectivity index (χ1) is 13.8. The Kier molecular flexibility index (Phi) is 6.01. The fraction of sp³-hybridized carbons (Fsp3) is 0.348. The van der Waals surface area contributed by atoms with Crippen LogP contribution in [-0.2, 0) is 14.4 Å². The van der Waals surface area contributed by atoms with E-state index in [-0.39, 0.29) is 30.7 Å². The third-order valence-electron chi connectivity index (χ3n) is 5.32. The average molecular weight is 393 g/mol. The van der Waals surface area contributed by atoms with Gasteiger partial charge in [-0.1, -0.05) is 35.9 Å². The molecule has 1 N–H and O–H groups in total. The number of anilines is 2. The highest BCUT2D eigenvalue weighted by atomic mass is 16.2. The maximum atomic E-state index is 12.8. The van der Waals surface area contributed by atoms with Gasteiger partial charge in [-0.15, -0.1) is 0 Å². The zero-order valence-corrected chi connectivity index (χ0v) is 17.4. The van der Waals surface area contributed by atoms with E-state index in [4.69, 9.17) is 0 Å². The van der Waals surface area contributed by atoms with Gasteiger partial charge in [-0.2, -0.15) is 0 Å². The van der Waals surface area contributed by atoms with Crippen molar-refractivity contribution < 1.29 is 14.4 Å². The lowest BCUT2D eigenvalue weighted by molar-refractivity contribution is -0.137. The number of hydrogen-bond acceptors (Lipinski definition) is 3. The van der Waals surface area contributed by atoms with Crippen LogP contribution in [0, 0.1) is 26.7 Å². The molecule has 3 rings (SSSR count). The summed E-state index contributed by atoms with van der Waals surface area (Å²) in [5.41, 5.74) is 4.64. The summed E-state index contributed by atoms with van der Waals surface area (Å²) >= 11 is 0. The van der Waals surface area contributed by atoms with Crippen molar-refractivity contribution in [3.05, 3.63) is 59.2 Å². The van der Waals surface area contributed by atoms with E-state index in [1.165, 1.54) is 4.90 Å². The summed E-state index contributed by atoms with van der Waals surface area (Å²) in [5.74, 6) is -0.954. The van der Waals surface area contributed by atoms with Crippen molar-refractivity contribution in [1.82, 2.24) is 4.90 Å². The highest BCUT2D eigenvalue weighted by molar-refractivity contribution is 6.01. The molecule has 1 unspecified atom stereocenters. The smallest absolute Gasteiger partial charge is 0.243 e. The molecule has 0 bridgehead atoms. The van der Waals surface area contributed by atoms with Crippen molar-refractivity contribution in [3.8, 4) is 0 Å². The Bertz CT molecular complexity index is 917. The fourth-order valence-electron chi connectivity index (χ4n) is 3.64. The summed E-state index contributed by atoms with van der Waals surface area (Å²) in [5, 5.41) is 2.89. The maximum absolute atomic E-state index is 12.8. The van der Waals surface area contributed by atoms with Crippen molar-refractivity contribution in [1.29, 1.82) is 0 Å². The molecule has 0 aliphatic carbocycles. The molecule has 29 heavy (non-hydrogen) atoms. The van der Waals surface area contributed by atoms with E-state index in [1.807, 2.05) is 63.2 Å². The number of carbonyl (C=O) groups excluding carboxylic acids is 3. The topological polar surface area (TPSA) is 69.7 Å². The SMILES string of the molecule is Cc1ccc(N2CC(C(=O)N(C)CC(=O)Nc3c(C)cccc3C)CC2=O)cc1. The molecule has 3 amide bonds. The van der Waals surface area contributed by atoms with Gasteiger partial charge in [0.25, 0.3) is 0 Å². The number of hydrogen-bond donors (Lipinski definition) is 1. The van der Waals surface area contributed by atoms with Crippen LogP contribution in [0.1, 0.15) is 23.1 Å². The van der Waals surface area contributed by atoms with Crippen molar-refractivity contribution in [2.45, 2.75) is 27.2 Å². The lowest BCUT2D eigenvalue weighted by atomic mass is 10.1. The van der Waals surface area contributed by atoms with Gasteiger partial charge < -0.3 is 15.1 Å². The number of carbonyl (C=O) groups is 3. The van der Waals surface area contributed by atoms with E-state index >= 15 is 0 Å². The predicted molar refractivity (Wildman–Crippen MR) is 114 cm³/mol. The van der Waals surface area contributed by atoms with Crippen LogP contribution in [0.5, 0.6) is 0 Å². The molecule has 6 nitrogen and oxygen atoms in total. The molecule has 1 heterocycles. The molecule has 0 aromatic heterocycles. The lowest BCUT2D eigenvalue weighted by Crippen LogP contribution is -2.39. The van der Waals surface area contributed by atoms with Gasteiger partial charge in [0.1, 0.15) is 0 Å². The van der Waals surface area contributed by atoms with E-state index in [0.29, 0.717) is 6.54 Å². The highest BCUT2D eigenvalue weighted by Crippen LogP contribution is 2.26. The zero-order chi connectivity index (χ0) is 21.1. The Balaban J connectivity index is 1.60. The van der Waals surface area contributed by atoms with Gasteiger partial charge in [-0.05, 0) is 44.0 Å². The van der Waals surface area contributed by atoms with Crippen molar-refractivity contribution in [2.24, 2.45) is 5.92 Å². The summed E-state index contributed by atoms with van der Waals surface area (Å²) in [6.07, 6.45) is 0.162. The molecular formula is C23H27N3O3. The van der Waals surface area contributed by atoms with Crippen LogP contribution in [0.25, 0.3) is 0 Å². The van der Waals surface area contributed by atoms with E-state index in [2.05, 4.69) is 5.32 Å². The first-order valence-electron chi connectivity index (χ1n) is 9.74. The largest absolute Gasteiger partial charge is 0.336 e. The van der Waals surface area contributed by atoms with Gasteiger partial charge in [0.05, 0.1) is 12.5 Å². The van der Waals surface area contributed by atoms with Crippen LogP contribution in [0.3, 0.4) is 0 Å². The molecule has 2 aromatic carbocycles. The Labute approximate surface area is 171 Å². The quantitative estimate of drug-likeness (QED) is 0.849. The standard InChI is InChI=1S/C23H27N3O3/c1-15-8-10-19(11-9-15)26-13-18(12-21(26)28)23(29)25(4)14-20(27)24-22-16(2)6-5-7-17(22)3/h5-11,18H,12-14H2,1-4H3,(H,24,27). The van der Waals surface area contributed by atoms with Gasteiger partial charge in [0.15, 0.2) is 0 Å². The zero-order valence-electron chi connectivity index (χ0n) is 17.4. The van der Waals surface area contributed by atoms with Crippen LogP contribution in [-0.4, -0.2) is 42.8 Å². The summed E-state index contributed by atoms with van der Waals surface area (Å²) in [6.45, 7) is 6.13. The van der Waals surface area contributed by atoms with E-state index < -0.39 is 5.92 Å². The van der Waals surface area contributed by atoms with E-state index in [1.54, 1.807) is 11.9 Å². The number of aryl methyl sites for hydroxylation is 3. The second-order valence-electron chi connectivity index (χ2n) is 7.75. The Morgan fingerprint density at radius 2 is 1.69 bits per heavy atom. The molecule has 0 spiro atoms. The summed E-state index contributed by atoms with van der Waals surface area (Å²) in [7, 11) is 1.60. The van der Waals surface area contributed by atoms with Crippen molar-refractivity contribution in [2.75, 3.05) is 30.4 Å². The molecule has 0 saturated carbocycles. The number of nitrogens with zero attached hydrogens (tertiary/aromatic N) is 2. The average Bonchev–Trinajstić information content (AvgIpc) is 3.06. The minimum atomic E-state index is -0.443. The van der Waals surface area contributed by atoms with Gasteiger partial charge in [0.2, 0.25) is 17.7 Å². The second-order valence-corrected chi connectivity index (χ2v) is 7.75. The number of likely N-dealkylation sites (N-methyl/N-ethyl adjacent to an activating group) is 1. The van der Waals surface area contributed by atoms with E-state index in [9.17, 15) is 14.4 Å². The molecule has 1 atom stereocenters. The molecule has 1 fully saturated rings. The van der Waals surface area contributed by atoms with Gasteiger partial charge in [0, 0.05) is 31.4 Å². The second kappa shape index (κ2) is 8.47. The van der Waals surface area contributed by atoms with Crippen LogP contribution in [0.15, 0.2) is 42.5 Å². The van der Waals surface area contributed by atoms with Gasteiger partial charge in [-0.3, -0.25) is 14.4 Å². The first kappa shape index (κ1) is 20.6. The first-order valence-corrected chi connectivity index (χ1v) is 9.74. The molecule has 1 saturated heterocycles. The molecule has 1 aliphatic rings. The number of nitrogens with one attached hydrogen (secondary N) is 1. The third kappa shape index (κ3) is 4.65. The maximum Gasteiger partial charge on any atom is 0.243 e. The fourth-order valence-corrected chi connectivity index (χ4v) is 3.64. The Morgan fingerprint density at radius 1 is 1.07 bits per heavy atom. The Hall–Kier alpha value is -3.15. The van der Waals surface area contributed by atoms with Gasteiger partial charge in [-0.25, -0.2) is 0 Å². The van der Waals surface area contributed by atoms with Crippen LogP contribution >= 0.6 is 0 Å². The molecule has 152 valence electrons. The van der Waals surface area contributed by atoms with E-state index in [0.717, 1.165) is 28.1 Å². The summed E-state index contributed by atoms with van der Waals surface area (Å²) in [6, 6.07) is 13.5. The third-order valence-corrected chi connectivity index (χ3v) is 5.32. The molecule has 6 heteroatoms.